The largest absolute Gasteiger partial charge is 0.326 e. The van der Waals surface area contributed by atoms with Crippen molar-refractivity contribution < 1.29 is 4.79 Å². The van der Waals surface area contributed by atoms with Crippen LogP contribution in [0.25, 0.3) is 0 Å². The molecule has 0 spiro atoms. The van der Waals surface area contributed by atoms with Gasteiger partial charge in [-0.2, -0.15) is 0 Å². The molecule has 116 valence electrons. The third-order valence-electron chi connectivity index (χ3n) is 3.98. The van der Waals surface area contributed by atoms with Gasteiger partial charge in [-0.05, 0) is 36.7 Å². The third kappa shape index (κ3) is 4.09. The molecule has 1 atom stereocenters. The molecule has 0 radical (unpaired) electrons. The lowest BCUT2D eigenvalue weighted by Crippen LogP contribution is -2.48. The van der Waals surface area contributed by atoms with E-state index in [1.807, 2.05) is 42.6 Å². The van der Waals surface area contributed by atoms with Crippen LogP contribution in [0, 0.1) is 11.8 Å². The van der Waals surface area contributed by atoms with E-state index < -0.39 is 0 Å². The molecule has 3 nitrogen and oxygen atoms in total. The summed E-state index contributed by atoms with van der Waals surface area (Å²) in [7, 11) is 0. The Hall–Kier alpha value is -0.360. The number of anilines is 1. The van der Waals surface area contributed by atoms with Gasteiger partial charge in [-0.1, -0.05) is 19.1 Å². The zero-order valence-electron chi connectivity index (χ0n) is 12.0. The summed E-state index contributed by atoms with van der Waals surface area (Å²) in [6.07, 6.45) is 0. The molecule has 6 heteroatoms. The van der Waals surface area contributed by atoms with Crippen molar-refractivity contribution in [2.75, 3.05) is 29.9 Å². The summed E-state index contributed by atoms with van der Waals surface area (Å²) in [6.45, 7) is 3.95. The lowest BCUT2D eigenvalue weighted by atomic mass is 9.88. The zero-order chi connectivity index (χ0) is 13.9. The van der Waals surface area contributed by atoms with Crippen LogP contribution in [0.5, 0.6) is 0 Å². The Kier molecular flexibility index (Phi) is 6.29. The quantitative estimate of drug-likeness (QED) is 0.878. The standard InChI is InChI=1S/C15H20N2OS2.ClH/c1-10(12-8-16-9-12)14(18)17-13-4-2-3-11(7-13)15-19-5-6-20-15;/h2-4,7,10,12,15-16H,5-6,8-9H2,1H3,(H,17,18);1H. The van der Waals surface area contributed by atoms with Crippen molar-refractivity contribution in [1.29, 1.82) is 0 Å². The van der Waals surface area contributed by atoms with E-state index in [1.165, 1.54) is 17.1 Å². The minimum atomic E-state index is 0. The van der Waals surface area contributed by atoms with E-state index in [4.69, 9.17) is 0 Å². The van der Waals surface area contributed by atoms with Crippen LogP contribution in [0.3, 0.4) is 0 Å². The molecule has 1 aromatic carbocycles. The number of hydrogen-bond donors (Lipinski definition) is 2. The maximum absolute atomic E-state index is 12.2. The van der Waals surface area contributed by atoms with Gasteiger partial charge in [0, 0.05) is 23.1 Å². The molecule has 2 aliphatic rings. The summed E-state index contributed by atoms with van der Waals surface area (Å²) >= 11 is 3.98. The van der Waals surface area contributed by atoms with Gasteiger partial charge in [-0.25, -0.2) is 0 Å². The van der Waals surface area contributed by atoms with E-state index >= 15 is 0 Å². The third-order valence-corrected chi connectivity index (χ3v) is 7.09. The molecule has 2 heterocycles. The van der Waals surface area contributed by atoms with Crippen LogP contribution < -0.4 is 10.6 Å². The average molecular weight is 345 g/mol. The van der Waals surface area contributed by atoms with Crippen molar-refractivity contribution in [3.8, 4) is 0 Å². The summed E-state index contributed by atoms with van der Waals surface area (Å²) in [5.74, 6) is 3.14. The second-order valence-corrected chi connectivity index (χ2v) is 8.12. The van der Waals surface area contributed by atoms with Crippen LogP contribution in [0.4, 0.5) is 5.69 Å². The van der Waals surface area contributed by atoms with Crippen LogP contribution in [-0.4, -0.2) is 30.5 Å². The van der Waals surface area contributed by atoms with E-state index in [0.29, 0.717) is 10.5 Å². The van der Waals surface area contributed by atoms with Gasteiger partial charge in [0.05, 0.1) is 4.58 Å². The first kappa shape index (κ1) is 17.0. The minimum absolute atomic E-state index is 0. The van der Waals surface area contributed by atoms with Crippen molar-refractivity contribution >= 4 is 47.5 Å². The van der Waals surface area contributed by atoms with Crippen LogP contribution in [0.2, 0.25) is 0 Å². The van der Waals surface area contributed by atoms with Crippen molar-refractivity contribution in [2.24, 2.45) is 11.8 Å². The van der Waals surface area contributed by atoms with Gasteiger partial charge in [-0.15, -0.1) is 35.9 Å². The van der Waals surface area contributed by atoms with Crippen LogP contribution in [0.1, 0.15) is 17.1 Å². The predicted octanol–water partition coefficient (Wildman–Crippen LogP) is 3.38. The van der Waals surface area contributed by atoms with Crippen LogP contribution >= 0.6 is 35.9 Å². The Labute approximate surface area is 140 Å². The lowest BCUT2D eigenvalue weighted by molar-refractivity contribution is -0.121. The normalized spacial score (nSPS) is 20.4. The molecule has 1 unspecified atom stereocenters. The highest BCUT2D eigenvalue weighted by molar-refractivity contribution is 8.19. The van der Waals surface area contributed by atoms with E-state index in [1.54, 1.807) is 0 Å². The molecule has 21 heavy (non-hydrogen) atoms. The van der Waals surface area contributed by atoms with E-state index in [9.17, 15) is 4.79 Å². The number of halogens is 1. The number of carbonyl (C=O) groups is 1. The van der Waals surface area contributed by atoms with Gasteiger partial charge in [0.15, 0.2) is 0 Å². The summed E-state index contributed by atoms with van der Waals surface area (Å²) < 4.78 is 0.528. The number of carbonyl (C=O) groups excluding carboxylic acids is 1. The molecule has 1 amide bonds. The molecule has 2 aliphatic heterocycles. The molecular formula is C15H21ClN2OS2. The molecule has 1 aromatic rings. The van der Waals surface area contributed by atoms with Gasteiger partial charge < -0.3 is 10.6 Å². The molecule has 2 N–H and O–H groups in total. The average Bonchev–Trinajstić information content (AvgIpc) is 2.90. The Balaban J connectivity index is 0.00000161. The van der Waals surface area contributed by atoms with Crippen molar-refractivity contribution in [3.05, 3.63) is 29.8 Å². The van der Waals surface area contributed by atoms with E-state index in [2.05, 4.69) is 22.8 Å². The zero-order valence-corrected chi connectivity index (χ0v) is 14.5. The van der Waals surface area contributed by atoms with Crippen LogP contribution in [0.15, 0.2) is 24.3 Å². The van der Waals surface area contributed by atoms with Gasteiger partial charge in [-0.3, -0.25) is 4.79 Å². The predicted molar refractivity (Wildman–Crippen MR) is 95.5 cm³/mol. The minimum Gasteiger partial charge on any atom is -0.326 e. The molecule has 2 saturated heterocycles. The summed E-state index contributed by atoms with van der Waals surface area (Å²) in [5.41, 5.74) is 2.24. The van der Waals surface area contributed by atoms with Crippen molar-refractivity contribution in [2.45, 2.75) is 11.5 Å². The number of thioether (sulfide) groups is 2. The van der Waals surface area contributed by atoms with Gasteiger partial charge in [0.1, 0.15) is 0 Å². The van der Waals surface area contributed by atoms with Gasteiger partial charge in [0.25, 0.3) is 0 Å². The molecule has 3 rings (SSSR count). The second-order valence-electron chi connectivity index (χ2n) is 5.40. The number of amides is 1. The fraction of sp³-hybridized carbons (Fsp3) is 0.533. The molecule has 0 saturated carbocycles. The fourth-order valence-electron chi connectivity index (χ4n) is 2.45. The summed E-state index contributed by atoms with van der Waals surface area (Å²) in [4.78, 5) is 12.2. The molecule has 0 aliphatic carbocycles. The first-order valence-electron chi connectivity index (χ1n) is 7.09. The Morgan fingerprint density at radius 2 is 2.05 bits per heavy atom. The van der Waals surface area contributed by atoms with Gasteiger partial charge in [0.2, 0.25) is 5.91 Å². The lowest BCUT2D eigenvalue weighted by Gasteiger charge is -2.31. The smallest absolute Gasteiger partial charge is 0.227 e. The van der Waals surface area contributed by atoms with Crippen molar-refractivity contribution in [1.82, 2.24) is 5.32 Å². The van der Waals surface area contributed by atoms with Crippen LogP contribution in [-0.2, 0) is 4.79 Å². The highest BCUT2D eigenvalue weighted by Gasteiger charge is 2.28. The maximum Gasteiger partial charge on any atom is 0.227 e. The molecule has 2 fully saturated rings. The number of rotatable bonds is 4. The number of hydrogen-bond acceptors (Lipinski definition) is 4. The first-order valence-corrected chi connectivity index (χ1v) is 9.18. The highest BCUT2D eigenvalue weighted by Crippen LogP contribution is 2.45. The number of benzene rings is 1. The fourth-order valence-corrected chi connectivity index (χ4v) is 5.29. The maximum atomic E-state index is 12.2. The number of nitrogens with one attached hydrogen (secondary N) is 2. The summed E-state index contributed by atoms with van der Waals surface area (Å²) in [5, 5.41) is 6.29. The van der Waals surface area contributed by atoms with E-state index in [-0.39, 0.29) is 24.2 Å². The second kappa shape index (κ2) is 7.77. The molecular weight excluding hydrogens is 324 g/mol. The van der Waals surface area contributed by atoms with Crippen molar-refractivity contribution in [3.63, 3.8) is 0 Å². The Morgan fingerprint density at radius 1 is 1.33 bits per heavy atom. The first-order chi connectivity index (χ1) is 9.74. The molecule has 0 aromatic heterocycles. The monoisotopic (exact) mass is 344 g/mol. The van der Waals surface area contributed by atoms with E-state index in [0.717, 1.165) is 18.8 Å². The highest BCUT2D eigenvalue weighted by atomic mass is 35.5. The Bertz CT molecular complexity index is 490. The molecule has 0 bridgehead atoms. The Morgan fingerprint density at radius 3 is 2.67 bits per heavy atom. The SMILES string of the molecule is CC(C(=O)Nc1cccc(C2SCCS2)c1)C1CNC1.Cl. The summed E-state index contributed by atoms with van der Waals surface area (Å²) in [6, 6.07) is 8.31. The topological polar surface area (TPSA) is 41.1 Å². The van der Waals surface area contributed by atoms with Gasteiger partial charge >= 0.3 is 0 Å².